The molecular formula is C35H27N3O6. The number of benzene rings is 4. The Labute approximate surface area is 252 Å². The first-order valence-electron chi connectivity index (χ1n) is 14.4. The van der Waals surface area contributed by atoms with E-state index in [-0.39, 0.29) is 22.7 Å². The van der Waals surface area contributed by atoms with Crippen molar-refractivity contribution in [3.8, 4) is 5.75 Å². The molecule has 0 saturated carbocycles. The van der Waals surface area contributed by atoms with Gasteiger partial charge in [-0.05, 0) is 47.9 Å². The fraction of sp³-hybridized carbons (Fsp3) is 0.171. The molecule has 1 N–H and O–H groups in total. The van der Waals surface area contributed by atoms with E-state index in [1.807, 2.05) is 55.5 Å². The quantitative estimate of drug-likeness (QED) is 0.161. The van der Waals surface area contributed by atoms with E-state index in [9.17, 15) is 19.7 Å². The Kier molecular flexibility index (Phi) is 6.39. The third-order valence-corrected chi connectivity index (χ3v) is 8.92. The van der Waals surface area contributed by atoms with Crippen molar-refractivity contribution in [3.05, 3.63) is 141 Å². The van der Waals surface area contributed by atoms with Gasteiger partial charge in [0.15, 0.2) is 11.6 Å². The Hall–Kier alpha value is -5.57. The third kappa shape index (κ3) is 3.82. The summed E-state index contributed by atoms with van der Waals surface area (Å²) in [6, 6.07) is 25.3. The number of amides is 1. The zero-order valence-corrected chi connectivity index (χ0v) is 23.7. The number of Topliss-reactive ketones (excluding diaryl/α,β-unsaturated/α-hetero) is 2. The summed E-state index contributed by atoms with van der Waals surface area (Å²) < 4.78 is 5.85. The summed E-state index contributed by atoms with van der Waals surface area (Å²) in [4.78, 5) is 57.2. The lowest BCUT2D eigenvalue weighted by atomic mass is 9.62. The number of carbonyl (C=O) groups is 3. The highest BCUT2D eigenvalue weighted by Gasteiger charge is 2.71. The van der Waals surface area contributed by atoms with Gasteiger partial charge in [0.1, 0.15) is 17.2 Å². The molecule has 0 unspecified atom stereocenters. The van der Waals surface area contributed by atoms with Crippen molar-refractivity contribution < 1.29 is 24.0 Å². The number of ketones is 2. The lowest BCUT2D eigenvalue weighted by molar-refractivity contribution is -0.384. The molecule has 9 heteroatoms. The fourth-order valence-corrected chi connectivity index (χ4v) is 7.23. The van der Waals surface area contributed by atoms with Gasteiger partial charge in [-0.2, -0.15) is 0 Å². The first-order valence-corrected chi connectivity index (χ1v) is 14.4. The number of fused-ring (bicyclic) bond motifs is 6. The molecule has 4 aromatic rings. The fourth-order valence-electron chi connectivity index (χ4n) is 7.23. The van der Waals surface area contributed by atoms with Crippen molar-refractivity contribution in [1.29, 1.82) is 0 Å². The van der Waals surface area contributed by atoms with Gasteiger partial charge >= 0.3 is 0 Å². The number of hydrogen-bond acceptors (Lipinski definition) is 7. The lowest BCUT2D eigenvalue weighted by Gasteiger charge is -2.38. The standard InChI is InChI=1S/C35H27N3O6/c1-2-44-28-17-8-5-14-25(28)32(40)29-30(31(39)22-11-9-12-23(20-22)38(42)43)37-19-18-21-10-3-4-13-24(21)33(37)35(29)26-15-6-7-16-27(26)36-34(35)41/h3-20,29-30,33H,2H2,1H3,(H,36,41)/t29-,30+,33-,35-/m0/s1. The molecule has 4 aromatic carbocycles. The van der Waals surface area contributed by atoms with Gasteiger partial charge in [0.25, 0.3) is 5.69 Å². The predicted octanol–water partition coefficient (Wildman–Crippen LogP) is 5.98. The minimum Gasteiger partial charge on any atom is -0.493 e. The molecule has 0 aliphatic carbocycles. The van der Waals surface area contributed by atoms with E-state index in [4.69, 9.17) is 4.74 Å². The Balaban J connectivity index is 1.53. The number of nitrogens with zero attached hydrogens (tertiary/aromatic N) is 2. The van der Waals surface area contributed by atoms with Crippen LogP contribution in [0.15, 0.2) is 103 Å². The number of nitro benzene ring substituents is 1. The minimum atomic E-state index is -1.52. The van der Waals surface area contributed by atoms with E-state index in [1.165, 1.54) is 24.3 Å². The number of carbonyl (C=O) groups excluding carboxylic acids is 3. The SMILES string of the molecule is CCOc1ccccc1C(=O)[C@@H]1[C@H](C(=O)c2cccc([N+](=O)[O-])c2)N2C=Cc3ccccc3[C@H]2[C@@]12C(=O)Nc1ccccc12. The molecule has 9 nitrogen and oxygen atoms in total. The normalized spacial score (nSPS) is 22.6. The molecule has 0 bridgehead atoms. The van der Waals surface area contributed by atoms with Crippen molar-refractivity contribution in [2.75, 3.05) is 11.9 Å². The number of rotatable bonds is 7. The third-order valence-electron chi connectivity index (χ3n) is 8.92. The minimum absolute atomic E-state index is 0.0786. The number of anilines is 1. The Morgan fingerprint density at radius 2 is 1.70 bits per heavy atom. The summed E-state index contributed by atoms with van der Waals surface area (Å²) >= 11 is 0. The molecular weight excluding hydrogens is 558 g/mol. The molecule has 3 aliphatic rings. The molecule has 1 spiro atoms. The van der Waals surface area contributed by atoms with Crippen LogP contribution in [0, 0.1) is 16.0 Å². The summed E-state index contributed by atoms with van der Waals surface area (Å²) in [6.45, 7) is 2.12. The molecule has 1 saturated heterocycles. The van der Waals surface area contributed by atoms with Gasteiger partial charge in [-0.3, -0.25) is 24.5 Å². The maximum Gasteiger partial charge on any atom is 0.270 e. The van der Waals surface area contributed by atoms with Gasteiger partial charge in [-0.15, -0.1) is 0 Å². The van der Waals surface area contributed by atoms with Gasteiger partial charge < -0.3 is 15.0 Å². The molecule has 1 fully saturated rings. The largest absolute Gasteiger partial charge is 0.493 e. The van der Waals surface area contributed by atoms with E-state index in [2.05, 4.69) is 5.32 Å². The second kappa shape index (κ2) is 10.3. The second-order valence-electron chi connectivity index (χ2n) is 11.1. The second-order valence-corrected chi connectivity index (χ2v) is 11.1. The number of nitrogens with one attached hydrogen (secondary N) is 1. The highest BCUT2D eigenvalue weighted by atomic mass is 16.6. The van der Waals surface area contributed by atoms with Gasteiger partial charge in [-0.1, -0.05) is 66.7 Å². The number of non-ortho nitro benzene ring substituents is 1. The van der Waals surface area contributed by atoms with Crippen molar-refractivity contribution in [2.45, 2.75) is 24.4 Å². The van der Waals surface area contributed by atoms with Crippen LogP contribution in [0.3, 0.4) is 0 Å². The lowest BCUT2D eigenvalue weighted by Crippen LogP contribution is -2.49. The van der Waals surface area contributed by atoms with Crippen LogP contribution in [0.25, 0.3) is 6.08 Å². The molecule has 1 amide bonds. The smallest absolute Gasteiger partial charge is 0.270 e. The van der Waals surface area contributed by atoms with E-state index in [0.717, 1.165) is 11.1 Å². The molecule has 44 heavy (non-hydrogen) atoms. The van der Waals surface area contributed by atoms with Crippen LogP contribution in [0.2, 0.25) is 0 Å². The summed E-state index contributed by atoms with van der Waals surface area (Å²) in [5.74, 6) is -2.18. The highest BCUT2D eigenvalue weighted by molar-refractivity contribution is 6.17. The number of hydrogen-bond donors (Lipinski definition) is 1. The van der Waals surface area contributed by atoms with Crippen molar-refractivity contribution in [1.82, 2.24) is 4.90 Å². The molecule has 3 heterocycles. The van der Waals surface area contributed by atoms with Crippen molar-refractivity contribution in [3.63, 3.8) is 0 Å². The van der Waals surface area contributed by atoms with Crippen LogP contribution < -0.4 is 10.1 Å². The van der Waals surface area contributed by atoms with Crippen LogP contribution in [-0.4, -0.2) is 39.9 Å². The summed E-state index contributed by atoms with van der Waals surface area (Å²) in [6.07, 6.45) is 3.64. The topological polar surface area (TPSA) is 119 Å². The van der Waals surface area contributed by atoms with Gasteiger partial charge in [0.05, 0.1) is 29.1 Å². The van der Waals surface area contributed by atoms with E-state index in [0.29, 0.717) is 23.6 Å². The van der Waals surface area contributed by atoms with Crippen LogP contribution in [0.1, 0.15) is 50.4 Å². The zero-order chi connectivity index (χ0) is 30.6. The molecule has 4 atom stereocenters. The summed E-state index contributed by atoms with van der Waals surface area (Å²) in [7, 11) is 0. The molecule has 7 rings (SSSR count). The van der Waals surface area contributed by atoms with Crippen LogP contribution in [0.5, 0.6) is 5.75 Å². The maximum atomic E-state index is 15.1. The molecule has 3 aliphatic heterocycles. The van der Waals surface area contributed by atoms with E-state index in [1.54, 1.807) is 41.4 Å². The zero-order valence-electron chi connectivity index (χ0n) is 23.7. The van der Waals surface area contributed by atoms with Crippen LogP contribution in [0.4, 0.5) is 11.4 Å². The first-order chi connectivity index (χ1) is 21.4. The molecule has 0 radical (unpaired) electrons. The van der Waals surface area contributed by atoms with Crippen LogP contribution in [-0.2, 0) is 10.2 Å². The Morgan fingerprint density at radius 1 is 0.955 bits per heavy atom. The average Bonchev–Trinajstić information content (AvgIpc) is 3.53. The maximum absolute atomic E-state index is 15.1. The number of para-hydroxylation sites is 2. The highest BCUT2D eigenvalue weighted by Crippen LogP contribution is 2.62. The predicted molar refractivity (Wildman–Crippen MR) is 163 cm³/mol. The van der Waals surface area contributed by atoms with Crippen molar-refractivity contribution >= 4 is 34.9 Å². The van der Waals surface area contributed by atoms with E-state index < -0.39 is 39.9 Å². The van der Waals surface area contributed by atoms with Crippen molar-refractivity contribution in [2.24, 2.45) is 5.92 Å². The number of ether oxygens (including phenoxy) is 1. The van der Waals surface area contributed by atoms with Gasteiger partial charge in [0, 0.05) is 29.6 Å². The number of nitro groups is 1. The molecule has 0 aromatic heterocycles. The summed E-state index contributed by atoms with van der Waals surface area (Å²) in [5.41, 5.74) is 1.43. The van der Waals surface area contributed by atoms with E-state index >= 15 is 4.79 Å². The van der Waals surface area contributed by atoms with Crippen LogP contribution >= 0.6 is 0 Å². The Bertz CT molecular complexity index is 1900. The molecule has 218 valence electrons. The van der Waals surface area contributed by atoms with Gasteiger partial charge in [-0.25, -0.2) is 0 Å². The first kappa shape index (κ1) is 27.3. The Morgan fingerprint density at radius 3 is 2.52 bits per heavy atom. The monoisotopic (exact) mass is 585 g/mol. The average molecular weight is 586 g/mol. The summed E-state index contributed by atoms with van der Waals surface area (Å²) in [5, 5.41) is 14.7. The van der Waals surface area contributed by atoms with Gasteiger partial charge in [0.2, 0.25) is 5.91 Å².